The van der Waals surface area contributed by atoms with Crippen molar-refractivity contribution >= 4 is 38.5 Å². The second-order valence-electron chi connectivity index (χ2n) is 7.95. The summed E-state index contributed by atoms with van der Waals surface area (Å²) in [6.07, 6.45) is -0.718. The zero-order valence-electron chi connectivity index (χ0n) is 18.2. The van der Waals surface area contributed by atoms with Crippen LogP contribution in [0.25, 0.3) is 22.0 Å². The minimum atomic E-state index is -4.50. The van der Waals surface area contributed by atoms with Gasteiger partial charge in [-0.15, -0.1) is 0 Å². The number of aryl methyl sites for hydroxylation is 2. The second kappa shape index (κ2) is 9.01. The summed E-state index contributed by atoms with van der Waals surface area (Å²) in [6, 6.07) is 9.17. The van der Waals surface area contributed by atoms with Crippen molar-refractivity contribution in [2.24, 2.45) is 0 Å². The Balaban J connectivity index is 1.81. The maximum atomic E-state index is 13.6. The number of alkyl halides is 3. The van der Waals surface area contributed by atoms with E-state index in [9.17, 15) is 26.4 Å². The number of rotatable bonds is 6. The minimum Gasteiger partial charge on any atom is -0.481 e. The van der Waals surface area contributed by atoms with Crippen LogP contribution in [-0.2, 0) is 27.4 Å². The van der Waals surface area contributed by atoms with Gasteiger partial charge in [0.05, 0.1) is 11.1 Å². The molecule has 0 amide bonds. The average Bonchev–Trinajstić information content (AvgIpc) is 3.15. The van der Waals surface area contributed by atoms with Crippen molar-refractivity contribution in [3.05, 3.63) is 82.8 Å². The Morgan fingerprint density at radius 2 is 1.86 bits per heavy atom. The highest BCUT2D eigenvalue weighted by atomic mass is 35.5. The summed E-state index contributed by atoms with van der Waals surface area (Å²) in [6.45, 7) is 1.50. The molecule has 182 valence electrons. The number of aromatic nitrogens is 2. The second-order valence-corrected chi connectivity index (χ2v) is 10.2. The number of nitrogens with zero attached hydrogens (tertiary/aromatic N) is 2. The van der Waals surface area contributed by atoms with E-state index in [4.69, 9.17) is 16.7 Å². The van der Waals surface area contributed by atoms with Crippen molar-refractivity contribution in [1.82, 2.24) is 8.96 Å². The fourth-order valence-corrected chi connectivity index (χ4v) is 5.42. The Morgan fingerprint density at radius 1 is 1.11 bits per heavy atom. The van der Waals surface area contributed by atoms with Gasteiger partial charge in [-0.05, 0) is 66.4 Å². The molecule has 0 aliphatic heterocycles. The Morgan fingerprint density at radius 3 is 2.51 bits per heavy atom. The van der Waals surface area contributed by atoms with Gasteiger partial charge in [-0.2, -0.15) is 13.2 Å². The molecule has 4 aromatic rings. The SMILES string of the molecule is Cc1cc(C(F)(F)F)ccc1-c1cncc(S(=O)(=O)n2cc(CCC(=O)O)c3cc(Cl)ccc32)c1. The number of halogens is 4. The molecule has 0 bridgehead atoms. The molecule has 0 spiro atoms. The lowest BCUT2D eigenvalue weighted by atomic mass is 9.99. The van der Waals surface area contributed by atoms with E-state index in [1.165, 1.54) is 43.6 Å². The number of hydrogen-bond donors (Lipinski definition) is 1. The van der Waals surface area contributed by atoms with Gasteiger partial charge in [0.1, 0.15) is 4.90 Å². The van der Waals surface area contributed by atoms with Gasteiger partial charge in [-0.25, -0.2) is 12.4 Å². The normalized spacial score (nSPS) is 12.3. The lowest BCUT2D eigenvalue weighted by Crippen LogP contribution is -2.12. The first kappa shape index (κ1) is 24.7. The number of carboxylic acids is 1. The average molecular weight is 523 g/mol. The molecule has 0 saturated heterocycles. The van der Waals surface area contributed by atoms with E-state index in [2.05, 4.69) is 4.98 Å². The Bertz CT molecular complexity index is 1560. The standard InChI is InChI=1S/C24H18ClF3N2O4S/c1-14-8-17(24(26,27)28)3-5-20(14)16-9-19(12-29-11-16)35(33,34)30-13-15(2-7-23(31)32)21-10-18(25)4-6-22(21)30/h3-6,8-13H,2,7H2,1H3,(H,31,32). The van der Waals surface area contributed by atoms with Crippen LogP contribution >= 0.6 is 11.6 Å². The van der Waals surface area contributed by atoms with Crippen molar-refractivity contribution in [3.63, 3.8) is 0 Å². The Labute approximate surface area is 203 Å². The topological polar surface area (TPSA) is 89.3 Å². The van der Waals surface area contributed by atoms with Crippen LogP contribution in [0.2, 0.25) is 5.02 Å². The Kier molecular flexibility index (Phi) is 6.37. The third-order valence-corrected chi connectivity index (χ3v) is 7.43. The molecular formula is C24H18ClF3N2O4S. The zero-order valence-corrected chi connectivity index (χ0v) is 19.7. The van der Waals surface area contributed by atoms with Gasteiger partial charge in [0, 0.05) is 41.0 Å². The highest BCUT2D eigenvalue weighted by Gasteiger charge is 2.31. The fraction of sp³-hybridized carbons (Fsp3) is 0.167. The maximum absolute atomic E-state index is 13.6. The molecule has 2 heterocycles. The molecule has 4 rings (SSSR count). The van der Waals surface area contributed by atoms with E-state index >= 15 is 0 Å². The molecule has 0 fully saturated rings. The van der Waals surface area contributed by atoms with Crippen LogP contribution in [0.4, 0.5) is 13.2 Å². The molecule has 0 aliphatic carbocycles. The first-order chi connectivity index (χ1) is 16.4. The van der Waals surface area contributed by atoms with Gasteiger partial charge < -0.3 is 5.11 Å². The number of carboxylic acid groups (broad SMARTS) is 1. The van der Waals surface area contributed by atoms with Crippen molar-refractivity contribution in [1.29, 1.82) is 0 Å². The van der Waals surface area contributed by atoms with Gasteiger partial charge in [-0.3, -0.25) is 9.78 Å². The molecule has 0 unspecified atom stereocenters. The van der Waals surface area contributed by atoms with Gasteiger partial charge >= 0.3 is 12.1 Å². The number of benzene rings is 2. The summed E-state index contributed by atoms with van der Waals surface area (Å²) in [4.78, 5) is 14.9. The van der Waals surface area contributed by atoms with Gasteiger partial charge in [-0.1, -0.05) is 17.7 Å². The largest absolute Gasteiger partial charge is 0.481 e. The Hall–Kier alpha value is -3.37. The molecular weight excluding hydrogens is 505 g/mol. The van der Waals surface area contributed by atoms with E-state index in [0.717, 1.165) is 22.3 Å². The van der Waals surface area contributed by atoms with Gasteiger partial charge in [0.25, 0.3) is 10.0 Å². The third-order valence-electron chi connectivity index (χ3n) is 5.56. The highest BCUT2D eigenvalue weighted by molar-refractivity contribution is 7.90. The minimum absolute atomic E-state index is 0.0950. The number of aliphatic carboxylic acids is 1. The third kappa shape index (κ3) is 4.89. The quantitative estimate of drug-likeness (QED) is 0.338. The smallest absolute Gasteiger partial charge is 0.416 e. The van der Waals surface area contributed by atoms with Crippen LogP contribution in [0, 0.1) is 6.92 Å². The first-order valence-corrected chi connectivity index (χ1v) is 12.1. The zero-order chi connectivity index (χ0) is 25.5. The van der Waals surface area contributed by atoms with Crippen molar-refractivity contribution in [3.8, 4) is 11.1 Å². The summed E-state index contributed by atoms with van der Waals surface area (Å²) in [5, 5.41) is 9.92. The molecule has 0 saturated carbocycles. The van der Waals surface area contributed by atoms with E-state index in [0.29, 0.717) is 38.2 Å². The predicted molar refractivity (Wildman–Crippen MR) is 125 cm³/mol. The lowest BCUT2D eigenvalue weighted by Gasteiger charge is -2.12. The number of hydrogen-bond acceptors (Lipinski definition) is 4. The van der Waals surface area contributed by atoms with Gasteiger partial charge in [0.2, 0.25) is 0 Å². The number of carbonyl (C=O) groups is 1. The number of fused-ring (bicyclic) bond motifs is 1. The molecule has 2 aromatic heterocycles. The van der Waals surface area contributed by atoms with Crippen LogP contribution in [0.3, 0.4) is 0 Å². The number of pyridine rings is 1. The molecule has 2 aromatic carbocycles. The van der Waals surface area contributed by atoms with Crippen LogP contribution in [-0.4, -0.2) is 28.5 Å². The van der Waals surface area contributed by atoms with Crippen LogP contribution < -0.4 is 0 Å². The van der Waals surface area contributed by atoms with E-state index in [1.54, 1.807) is 6.07 Å². The van der Waals surface area contributed by atoms with Crippen molar-refractivity contribution < 1.29 is 31.5 Å². The fourth-order valence-electron chi connectivity index (χ4n) is 3.86. The molecule has 0 radical (unpaired) electrons. The summed E-state index contributed by atoms with van der Waals surface area (Å²) in [5.74, 6) is -1.03. The van der Waals surface area contributed by atoms with E-state index in [-0.39, 0.29) is 17.7 Å². The first-order valence-electron chi connectivity index (χ1n) is 10.3. The van der Waals surface area contributed by atoms with Crippen LogP contribution in [0.5, 0.6) is 0 Å². The molecule has 0 aliphatic rings. The molecule has 1 N–H and O–H groups in total. The highest BCUT2D eigenvalue weighted by Crippen LogP contribution is 2.34. The van der Waals surface area contributed by atoms with Crippen LogP contribution in [0.1, 0.15) is 23.1 Å². The maximum Gasteiger partial charge on any atom is 0.416 e. The summed E-state index contributed by atoms with van der Waals surface area (Å²) in [5.41, 5.74) is 1.06. The van der Waals surface area contributed by atoms with Gasteiger partial charge in [0.15, 0.2) is 0 Å². The molecule has 35 heavy (non-hydrogen) atoms. The van der Waals surface area contributed by atoms with Crippen molar-refractivity contribution in [2.75, 3.05) is 0 Å². The van der Waals surface area contributed by atoms with Crippen molar-refractivity contribution in [2.45, 2.75) is 30.8 Å². The summed E-state index contributed by atoms with van der Waals surface area (Å²) in [7, 11) is -4.19. The predicted octanol–water partition coefficient (Wildman–Crippen LogP) is 5.94. The van der Waals surface area contributed by atoms with Crippen LogP contribution in [0.15, 0.2) is 66.0 Å². The summed E-state index contributed by atoms with van der Waals surface area (Å²) < 4.78 is 67.2. The summed E-state index contributed by atoms with van der Waals surface area (Å²) >= 11 is 6.08. The molecule has 6 nitrogen and oxygen atoms in total. The van der Waals surface area contributed by atoms with E-state index < -0.39 is 27.7 Å². The molecule has 11 heteroatoms. The molecule has 0 atom stereocenters. The lowest BCUT2D eigenvalue weighted by molar-refractivity contribution is -0.138. The monoisotopic (exact) mass is 522 g/mol. The van der Waals surface area contributed by atoms with E-state index in [1.807, 2.05) is 0 Å².